The summed E-state index contributed by atoms with van der Waals surface area (Å²) in [6.07, 6.45) is 0. The molecule has 0 fully saturated rings. The Labute approximate surface area is 73.3 Å². The van der Waals surface area contributed by atoms with E-state index in [4.69, 9.17) is 0 Å². The fourth-order valence-electron chi connectivity index (χ4n) is 0. The first-order chi connectivity index (χ1) is 0. The second-order valence-corrected chi connectivity index (χ2v) is 0. The molecule has 0 bridgehead atoms. The van der Waals surface area contributed by atoms with E-state index in [0.29, 0.717) is 0 Å². The molecule has 0 amide bonds. The van der Waals surface area contributed by atoms with Crippen LogP contribution in [-0.4, -0.2) is 11.0 Å². The third kappa shape index (κ3) is 8.86. The second kappa shape index (κ2) is 18.6. The molecule has 22 valence electrons. The molecule has 4 heavy (non-hydrogen) atoms. The van der Waals surface area contributed by atoms with E-state index >= 15 is 0 Å². The minimum absolute atomic E-state index is 0. The molecule has 0 atom stereocenters. The molecule has 0 N–H and O–H groups in total. The fourth-order valence-corrected chi connectivity index (χ4v) is 0. The molecule has 4 radical (unpaired) electrons. The van der Waals surface area contributed by atoms with E-state index in [-0.39, 0.29) is 74.2 Å². The maximum atomic E-state index is 0. The van der Waals surface area contributed by atoms with E-state index in [2.05, 4.69) is 0 Å². The SMILES string of the molecule is [Si].[W].[W].[W]. The summed E-state index contributed by atoms with van der Waals surface area (Å²) < 4.78 is 0. The van der Waals surface area contributed by atoms with Crippen molar-refractivity contribution < 1.29 is 63.2 Å². The zero-order chi connectivity index (χ0) is 0. The van der Waals surface area contributed by atoms with Crippen LogP contribution in [0.3, 0.4) is 0 Å². The fraction of sp³-hybridized carbons (Fsp3) is 0. The first-order valence-electron chi connectivity index (χ1n) is 0. The standard InChI is InChI=1S/Si.3W. The van der Waals surface area contributed by atoms with E-state index in [9.17, 15) is 0 Å². The van der Waals surface area contributed by atoms with Gasteiger partial charge in [0.25, 0.3) is 0 Å². The van der Waals surface area contributed by atoms with Gasteiger partial charge in [0.05, 0.1) is 0 Å². The van der Waals surface area contributed by atoms with Crippen molar-refractivity contribution in [1.29, 1.82) is 0 Å². The molecule has 0 aromatic carbocycles. The van der Waals surface area contributed by atoms with Gasteiger partial charge >= 0.3 is 0 Å². The van der Waals surface area contributed by atoms with Gasteiger partial charge < -0.3 is 0 Å². The van der Waals surface area contributed by atoms with Gasteiger partial charge in [0.2, 0.25) is 0 Å². The molecule has 0 aliphatic rings. The van der Waals surface area contributed by atoms with Crippen LogP contribution in [0.4, 0.5) is 0 Å². The smallest absolute Gasteiger partial charge is 0 e. The summed E-state index contributed by atoms with van der Waals surface area (Å²) in [6, 6.07) is 0. The van der Waals surface area contributed by atoms with Gasteiger partial charge in [-0.25, -0.2) is 0 Å². The summed E-state index contributed by atoms with van der Waals surface area (Å²) in [6.45, 7) is 0. The van der Waals surface area contributed by atoms with Crippen molar-refractivity contribution in [3.05, 3.63) is 0 Å². The van der Waals surface area contributed by atoms with Crippen LogP contribution in [0.15, 0.2) is 0 Å². The van der Waals surface area contributed by atoms with Gasteiger partial charge in [0.1, 0.15) is 0 Å². The van der Waals surface area contributed by atoms with Gasteiger partial charge in [-0.1, -0.05) is 0 Å². The number of hydrogen-bond donors (Lipinski definition) is 0. The first kappa shape index (κ1) is 33.7. The molecule has 0 aromatic heterocycles. The molecule has 0 aliphatic heterocycles. The van der Waals surface area contributed by atoms with Crippen LogP contribution in [0.2, 0.25) is 0 Å². The van der Waals surface area contributed by atoms with E-state index in [1.54, 1.807) is 0 Å². The topological polar surface area (TPSA) is 0 Å². The van der Waals surface area contributed by atoms with Crippen LogP contribution in [0.1, 0.15) is 0 Å². The molecule has 0 saturated carbocycles. The van der Waals surface area contributed by atoms with Crippen molar-refractivity contribution >= 4 is 11.0 Å². The maximum absolute atomic E-state index is 0. The Kier molecular flexibility index (Phi) is 156. The number of hydrogen-bond acceptors (Lipinski definition) is 0. The monoisotopic (exact) mass is 580 g/mol. The maximum Gasteiger partial charge on any atom is 0 e. The molecule has 0 spiro atoms. The molecular formula is SiW3. The second-order valence-electron chi connectivity index (χ2n) is 0. The van der Waals surface area contributed by atoms with Gasteiger partial charge in [-0.15, -0.1) is 0 Å². The summed E-state index contributed by atoms with van der Waals surface area (Å²) in [5.41, 5.74) is 0. The van der Waals surface area contributed by atoms with Crippen molar-refractivity contribution in [2.45, 2.75) is 0 Å². The van der Waals surface area contributed by atoms with Crippen molar-refractivity contribution in [3.8, 4) is 0 Å². The van der Waals surface area contributed by atoms with E-state index in [1.807, 2.05) is 0 Å². The van der Waals surface area contributed by atoms with Gasteiger partial charge in [0.15, 0.2) is 0 Å². The van der Waals surface area contributed by atoms with Crippen molar-refractivity contribution in [3.63, 3.8) is 0 Å². The third-order valence-corrected chi connectivity index (χ3v) is 0. The van der Waals surface area contributed by atoms with Crippen LogP contribution in [-0.2, 0) is 63.2 Å². The Bertz CT molecular complexity index is 3.25. The van der Waals surface area contributed by atoms with Crippen molar-refractivity contribution in [2.75, 3.05) is 0 Å². The molecule has 0 aromatic rings. The average Bonchev–Trinajstić information content (AvgIpc) is 0. The molecule has 0 rings (SSSR count). The zero-order valence-electron chi connectivity index (χ0n) is 1.72. The van der Waals surface area contributed by atoms with Crippen LogP contribution in [0, 0.1) is 0 Å². The van der Waals surface area contributed by atoms with Gasteiger partial charge in [-0.3, -0.25) is 0 Å². The van der Waals surface area contributed by atoms with E-state index in [0.717, 1.165) is 0 Å². The minimum Gasteiger partial charge on any atom is 0 e. The molecule has 0 unspecified atom stereocenters. The predicted molar refractivity (Wildman–Crippen MR) is 5.75 cm³/mol. The Balaban J connectivity index is 0. The average molecular weight is 580 g/mol. The Morgan fingerprint density at radius 2 is 0.500 bits per heavy atom. The Morgan fingerprint density at radius 3 is 0.500 bits per heavy atom. The number of rotatable bonds is 0. The largest absolute Gasteiger partial charge is 0 e. The quantitative estimate of drug-likeness (QED) is 0.344. The van der Waals surface area contributed by atoms with Crippen LogP contribution < -0.4 is 0 Å². The Hall–Kier alpha value is 2.28. The van der Waals surface area contributed by atoms with Crippen LogP contribution >= 0.6 is 0 Å². The van der Waals surface area contributed by atoms with Crippen LogP contribution in [0.5, 0.6) is 0 Å². The molecular weight excluding hydrogens is 580 g/mol. The summed E-state index contributed by atoms with van der Waals surface area (Å²) in [4.78, 5) is 0. The molecule has 4 heteroatoms. The summed E-state index contributed by atoms with van der Waals surface area (Å²) in [5.74, 6) is 0. The van der Waals surface area contributed by atoms with E-state index < -0.39 is 0 Å². The normalized spacial score (nSPS) is 0. The van der Waals surface area contributed by atoms with E-state index in [1.165, 1.54) is 0 Å². The molecule has 0 nitrogen and oxygen atoms in total. The van der Waals surface area contributed by atoms with Gasteiger partial charge in [-0.05, 0) is 0 Å². The molecule has 0 aliphatic carbocycles. The van der Waals surface area contributed by atoms with Crippen molar-refractivity contribution in [2.24, 2.45) is 0 Å². The summed E-state index contributed by atoms with van der Waals surface area (Å²) in [7, 11) is 0. The van der Waals surface area contributed by atoms with Crippen molar-refractivity contribution in [1.82, 2.24) is 0 Å². The minimum atomic E-state index is 0. The summed E-state index contributed by atoms with van der Waals surface area (Å²) >= 11 is 0. The predicted octanol–water partition coefficient (Wildman–Crippen LogP) is -0.388. The zero-order valence-corrected chi connectivity index (χ0v) is 11.5. The first-order valence-corrected chi connectivity index (χ1v) is 0. The molecule has 0 heterocycles. The van der Waals surface area contributed by atoms with Crippen LogP contribution in [0.25, 0.3) is 0 Å². The van der Waals surface area contributed by atoms with Gasteiger partial charge in [0, 0.05) is 74.2 Å². The Morgan fingerprint density at radius 1 is 0.500 bits per heavy atom. The van der Waals surface area contributed by atoms with Gasteiger partial charge in [-0.2, -0.15) is 0 Å². The summed E-state index contributed by atoms with van der Waals surface area (Å²) in [5, 5.41) is 0. The molecule has 0 saturated heterocycles. The third-order valence-electron chi connectivity index (χ3n) is 0.